The zero-order valence-electron chi connectivity index (χ0n) is 10.5. The topological polar surface area (TPSA) is 38.0 Å². The smallest absolute Gasteiger partial charge is 0.0325 e. The van der Waals surface area contributed by atoms with E-state index in [4.69, 9.17) is 5.73 Å². The molecule has 3 heteroatoms. The minimum atomic E-state index is 0.153. The summed E-state index contributed by atoms with van der Waals surface area (Å²) in [6, 6.07) is 11.0. The number of benzene rings is 1. The van der Waals surface area contributed by atoms with Crippen molar-refractivity contribution in [3.05, 3.63) is 35.9 Å². The molecule has 0 aliphatic carbocycles. The van der Waals surface area contributed by atoms with Gasteiger partial charge in [0.25, 0.3) is 0 Å². The van der Waals surface area contributed by atoms with Crippen LogP contribution in [0.15, 0.2) is 30.3 Å². The molecule has 1 heterocycles. The third-order valence-corrected chi connectivity index (χ3v) is 4.65. The Hall–Kier alpha value is -0.510. The van der Waals surface area contributed by atoms with Crippen molar-refractivity contribution in [1.82, 2.24) is 5.32 Å². The minimum Gasteiger partial charge on any atom is -0.329 e. The molecule has 0 bridgehead atoms. The molecule has 0 aromatic heterocycles. The Morgan fingerprint density at radius 2 is 1.94 bits per heavy atom. The molecule has 1 aromatic carbocycles. The van der Waals surface area contributed by atoms with Crippen LogP contribution in [0.25, 0.3) is 0 Å². The van der Waals surface area contributed by atoms with Gasteiger partial charge in [0.1, 0.15) is 0 Å². The van der Waals surface area contributed by atoms with Crippen LogP contribution in [0.2, 0.25) is 0 Å². The van der Waals surface area contributed by atoms with Crippen molar-refractivity contribution in [3.8, 4) is 0 Å². The summed E-state index contributed by atoms with van der Waals surface area (Å²) < 4.78 is 0. The zero-order valence-corrected chi connectivity index (χ0v) is 11.3. The van der Waals surface area contributed by atoms with Crippen LogP contribution in [-0.2, 0) is 0 Å². The van der Waals surface area contributed by atoms with E-state index in [1.165, 1.54) is 29.9 Å². The number of nitrogens with one attached hydrogen (secondary N) is 1. The highest BCUT2D eigenvalue weighted by atomic mass is 32.2. The molecule has 0 spiro atoms. The summed E-state index contributed by atoms with van der Waals surface area (Å²) in [4.78, 5) is 0. The second-order valence-corrected chi connectivity index (χ2v) is 6.10. The lowest BCUT2D eigenvalue weighted by atomic mass is 9.90. The summed E-state index contributed by atoms with van der Waals surface area (Å²) in [5.41, 5.74) is 7.49. The van der Waals surface area contributed by atoms with Gasteiger partial charge in [0.2, 0.25) is 0 Å². The highest BCUT2D eigenvalue weighted by Crippen LogP contribution is 2.28. The maximum absolute atomic E-state index is 5.99. The lowest BCUT2D eigenvalue weighted by Gasteiger charge is -2.39. The van der Waals surface area contributed by atoms with Crippen molar-refractivity contribution < 1.29 is 0 Å². The first kappa shape index (κ1) is 12.9. The summed E-state index contributed by atoms with van der Waals surface area (Å²) in [7, 11) is 0. The number of hydrogen-bond donors (Lipinski definition) is 2. The first-order valence-electron chi connectivity index (χ1n) is 6.36. The largest absolute Gasteiger partial charge is 0.329 e. The van der Waals surface area contributed by atoms with Gasteiger partial charge in [-0.1, -0.05) is 30.3 Å². The molecular weight excluding hydrogens is 228 g/mol. The predicted octanol–water partition coefficient (Wildman–Crippen LogP) is 2.56. The second-order valence-electron chi connectivity index (χ2n) is 4.87. The average Bonchev–Trinajstić information content (AvgIpc) is 2.41. The normalized spacial score (nSPS) is 21.1. The third-order valence-electron chi connectivity index (χ3n) is 3.66. The fourth-order valence-electron chi connectivity index (χ4n) is 2.45. The Labute approximate surface area is 108 Å². The Morgan fingerprint density at radius 1 is 1.29 bits per heavy atom. The van der Waals surface area contributed by atoms with Crippen LogP contribution < -0.4 is 11.1 Å². The summed E-state index contributed by atoms with van der Waals surface area (Å²) in [6.45, 7) is 2.97. The van der Waals surface area contributed by atoms with E-state index in [1.807, 2.05) is 11.8 Å². The lowest BCUT2D eigenvalue weighted by molar-refractivity contribution is 0.279. The van der Waals surface area contributed by atoms with E-state index in [9.17, 15) is 0 Å². The van der Waals surface area contributed by atoms with Crippen molar-refractivity contribution in [1.29, 1.82) is 0 Å². The Kier molecular flexibility index (Phi) is 4.48. The van der Waals surface area contributed by atoms with Gasteiger partial charge in [-0.05, 0) is 36.8 Å². The molecule has 0 amide bonds. The molecule has 2 nitrogen and oxygen atoms in total. The molecule has 2 rings (SSSR count). The van der Waals surface area contributed by atoms with Gasteiger partial charge in [-0.15, -0.1) is 0 Å². The van der Waals surface area contributed by atoms with Gasteiger partial charge in [0.05, 0.1) is 0 Å². The van der Waals surface area contributed by atoms with Crippen LogP contribution in [0, 0.1) is 0 Å². The van der Waals surface area contributed by atoms with E-state index in [0.29, 0.717) is 6.04 Å². The van der Waals surface area contributed by atoms with Gasteiger partial charge >= 0.3 is 0 Å². The van der Waals surface area contributed by atoms with Crippen molar-refractivity contribution in [2.75, 3.05) is 18.1 Å². The summed E-state index contributed by atoms with van der Waals surface area (Å²) in [5, 5.41) is 3.76. The van der Waals surface area contributed by atoms with E-state index in [-0.39, 0.29) is 5.54 Å². The quantitative estimate of drug-likeness (QED) is 0.862. The molecule has 1 fully saturated rings. The van der Waals surface area contributed by atoms with Crippen LogP contribution in [-0.4, -0.2) is 23.6 Å². The van der Waals surface area contributed by atoms with Crippen LogP contribution in [0.5, 0.6) is 0 Å². The van der Waals surface area contributed by atoms with Crippen molar-refractivity contribution >= 4 is 11.8 Å². The minimum absolute atomic E-state index is 0.153. The maximum Gasteiger partial charge on any atom is 0.0325 e. The number of nitrogens with two attached hydrogens (primary N) is 1. The third kappa shape index (κ3) is 3.24. The number of hydrogen-bond acceptors (Lipinski definition) is 3. The van der Waals surface area contributed by atoms with E-state index in [2.05, 4.69) is 42.6 Å². The Morgan fingerprint density at radius 3 is 2.53 bits per heavy atom. The SMILES string of the molecule is CC(NC1(CN)CCSCC1)c1ccccc1. The van der Waals surface area contributed by atoms with Crippen LogP contribution in [0.1, 0.15) is 31.4 Å². The molecule has 0 saturated carbocycles. The number of rotatable bonds is 4. The summed E-state index contributed by atoms with van der Waals surface area (Å²) in [6.07, 6.45) is 2.37. The standard InChI is InChI=1S/C14H22N2S/c1-12(13-5-3-2-4-6-13)16-14(11-15)7-9-17-10-8-14/h2-6,12,16H,7-11,15H2,1H3. The summed E-state index contributed by atoms with van der Waals surface area (Å²) in [5.74, 6) is 2.46. The van der Waals surface area contributed by atoms with Crippen LogP contribution in [0.4, 0.5) is 0 Å². The maximum atomic E-state index is 5.99. The highest BCUT2D eigenvalue weighted by Gasteiger charge is 2.31. The Balaban J connectivity index is 2.03. The molecule has 1 unspecified atom stereocenters. The molecule has 0 radical (unpaired) electrons. The first-order chi connectivity index (χ1) is 8.26. The second kappa shape index (κ2) is 5.89. The predicted molar refractivity (Wildman–Crippen MR) is 76.3 cm³/mol. The van der Waals surface area contributed by atoms with Gasteiger partial charge < -0.3 is 11.1 Å². The molecular formula is C14H22N2S. The van der Waals surface area contributed by atoms with Crippen molar-refractivity contribution in [2.24, 2.45) is 5.73 Å². The monoisotopic (exact) mass is 250 g/mol. The molecule has 94 valence electrons. The molecule has 1 aliphatic rings. The van der Waals surface area contributed by atoms with Crippen molar-refractivity contribution in [2.45, 2.75) is 31.3 Å². The fraction of sp³-hybridized carbons (Fsp3) is 0.571. The van der Waals surface area contributed by atoms with Gasteiger partial charge in [-0.25, -0.2) is 0 Å². The molecule has 17 heavy (non-hydrogen) atoms. The van der Waals surface area contributed by atoms with Gasteiger partial charge in [0, 0.05) is 18.1 Å². The van der Waals surface area contributed by atoms with Crippen molar-refractivity contribution in [3.63, 3.8) is 0 Å². The van der Waals surface area contributed by atoms with Crippen LogP contribution >= 0.6 is 11.8 Å². The number of thioether (sulfide) groups is 1. The summed E-state index contributed by atoms with van der Waals surface area (Å²) >= 11 is 2.04. The molecule has 1 atom stereocenters. The van der Waals surface area contributed by atoms with Gasteiger partial charge in [-0.3, -0.25) is 0 Å². The van der Waals surface area contributed by atoms with E-state index in [1.54, 1.807) is 0 Å². The molecule has 1 aliphatic heterocycles. The van der Waals surface area contributed by atoms with Crippen LogP contribution in [0.3, 0.4) is 0 Å². The van der Waals surface area contributed by atoms with E-state index >= 15 is 0 Å². The molecule has 1 aromatic rings. The lowest BCUT2D eigenvalue weighted by Crippen LogP contribution is -2.54. The van der Waals surface area contributed by atoms with Gasteiger partial charge in [-0.2, -0.15) is 11.8 Å². The molecule has 3 N–H and O–H groups in total. The van der Waals surface area contributed by atoms with E-state index in [0.717, 1.165) is 6.54 Å². The Bertz CT molecular complexity index is 333. The zero-order chi connectivity index (χ0) is 12.1. The van der Waals surface area contributed by atoms with E-state index < -0.39 is 0 Å². The first-order valence-corrected chi connectivity index (χ1v) is 7.52. The fourth-order valence-corrected chi connectivity index (χ4v) is 3.73. The van der Waals surface area contributed by atoms with Gasteiger partial charge in [0.15, 0.2) is 0 Å². The highest BCUT2D eigenvalue weighted by molar-refractivity contribution is 7.99. The molecule has 1 saturated heterocycles. The average molecular weight is 250 g/mol.